The number of nitrogens with zero attached hydrogens (tertiary/aromatic N) is 2. The van der Waals surface area contributed by atoms with Crippen LogP contribution in [0.1, 0.15) is 12.8 Å². The van der Waals surface area contributed by atoms with Gasteiger partial charge in [-0.15, -0.1) is 0 Å². The van der Waals surface area contributed by atoms with Gasteiger partial charge in [0.1, 0.15) is 23.9 Å². The zero-order chi connectivity index (χ0) is 15.2. The van der Waals surface area contributed by atoms with E-state index in [0.717, 1.165) is 19.4 Å². The molecule has 1 atom stereocenters. The van der Waals surface area contributed by atoms with E-state index in [2.05, 4.69) is 9.98 Å². The number of benzene rings is 1. The standard InChI is InChI=1S/C13H18FN5O2/c14-8-3-4-11(21-7-9-2-1-5-20-9)10(6-8)18-13(17)19-12(15)16/h3-4,6,9H,1-2,5,7H2,(H6,15,16,17,18,19). The Bertz CT molecular complexity index is 551. The molecule has 21 heavy (non-hydrogen) atoms. The summed E-state index contributed by atoms with van der Waals surface area (Å²) in [6, 6.07) is 3.95. The summed E-state index contributed by atoms with van der Waals surface area (Å²) in [6.07, 6.45) is 2.00. The van der Waals surface area contributed by atoms with E-state index in [0.29, 0.717) is 12.4 Å². The number of rotatable bonds is 4. The second kappa shape index (κ2) is 6.89. The molecule has 0 aliphatic carbocycles. The zero-order valence-electron chi connectivity index (χ0n) is 11.5. The van der Waals surface area contributed by atoms with E-state index in [-0.39, 0.29) is 23.7 Å². The van der Waals surface area contributed by atoms with Crippen LogP contribution in [0.3, 0.4) is 0 Å². The maximum atomic E-state index is 13.3. The molecule has 6 N–H and O–H groups in total. The minimum atomic E-state index is -0.462. The highest BCUT2D eigenvalue weighted by Gasteiger charge is 2.17. The van der Waals surface area contributed by atoms with Gasteiger partial charge in [0.05, 0.1) is 6.10 Å². The van der Waals surface area contributed by atoms with Gasteiger partial charge in [-0.05, 0) is 25.0 Å². The SMILES string of the molecule is NC(N)=NC(N)=Nc1cc(F)ccc1OCC1CCCO1. The molecule has 1 saturated heterocycles. The smallest absolute Gasteiger partial charge is 0.223 e. The largest absolute Gasteiger partial charge is 0.489 e. The van der Waals surface area contributed by atoms with Crippen molar-refractivity contribution in [3.05, 3.63) is 24.0 Å². The van der Waals surface area contributed by atoms with Crippen molar-refractivity contribution in [2.45, 2.75) is 18.9 Å². The van der Waals surface area contributed by atoms with Crippen LogP contribution >= 0.6 is 0 Å². The quantitative estimate of drug-likeness (QED) is 0.555. The van der Waals surface area contributed by atoms with Crippen molar-refractivity contribution in [1.29, 1.82) is 0 Å². The first kappa shape index (κ1) is 15.0. The minimum Gasteiger partial charge on any atom is -0.489 e. The highest BCUT2D eigenvalue weighted by Crippen LogP contribution is 2.29. The molecule has 0 spiro atoms. The number of hydrogen-bond donors (Lipinski definition) is 3. The normalized spacial score (nSPS) is 18.5. The van der Waals surface area contributed by atoms with Crippen LogP contribution in [-0.2, 0) is 4.74 Å². The zero-order valence-corrected chi connectivity index (χ0v) is 11.5. The average molecular weight is 295 g/mol. The Kier molecular flexibility index (Phi) is 4.94. The van der Waals surface area contributed by atoms with Crippen molar-refractivity contribution in [2.75, 3.05) is 13.2 Å². The Morgan fingerprint density at radius 2 is 2.19 bits per heavy atom. The van der Waals surface area contributed by atoms with E-state index < -0.39 is 5.82 Å². The minimum absolute atomic E-state index is 0.0435. The Balaban J connectivity index is 2.14. The van der Waals surface area contributed by atoms with Gasteiger partial charge in [0.25, 0.3) is 0 Å². The highest BCUT2D eigenvalue weighted by molar-refractivity contribution is 5.93. The molecule has 1 heterocycles. The first-order chi connectivity index (χ1) is 10.0. The van der Waals surface area contributed by atoms with Gasteiger partial charge in [0.2, 0.25) is 5.96 Å². The third-order valence-electron chi connectivity index (χ3n) is 2.85. The molecule has 0 amide bonds. The van der Waals surface area contributed by atoms with Crippen LogP contribution in [0.4, 0.5) is 10.1 Å². The molecule has 0 saturated carbocycles. The van der Waals surface area contributed by atoms with E-state index in [4.69, 9.17) is 26.7 Å². The second-order valence-corrected chi connectivity index (χ2v) is 4.56. The summed E-state index contributed by atoms with van der Waals surface area (Å²) in [6.45, 7) is 1.11. The molecule has 7 nitrogen and oxygen atoms in total. The fourth-order valence-electron chi connectivity index (χ4n) is 1.94. The molecule has 0 bridgehead atoms. The van der Waals surface area contributed by atoms with Crippen molar-refractivity contribution in [3.8, 4) is 5.75 Å². The van der Waals surface area contributed by atoms with Crippen LogP contribution in [0.2, 0.25) is 0 Å². The second-order valence-electron chi connectivity index (χ2n) is 4.56. The van der Waals surface area contributed by atoms with Crippen LogP contribution in [0.5, 0.6) is 5.75 Å². The predicted molar refractivity (Wildman–Crippen MR) is 78.0 cm³/mol. The molecule has 1 aliphatic heterocycles. The van der Waals surface area contributed by atoms with Gasteiger partial charge in [-0.25, -0.2) is 9.38 Å². The summed E-state index contributed by atoms with van der Waals surface area (Å²) in [7, 11) is 0. The third-order valence-corrected chi connectivity index (χ3v) is 2.85. The first-order valence-corrected chi connectivity index (χ1v) is 6.52. The summed E-state index contributed by atoms with van der Waals surface area (Å²) in [5.74, 6) is -0.478. The summed E-state index contributed by atoms with van der Waals surface area (Å²) in [4.78, 5) is 7.52. The molecule has 1 unspecified atom stereocenters. The van der Waals surface area contributed by atoms with Gasteiger partial charge >= 0.3 is 0 Å². The maximum absolute atomic E-state index is 13.3. The number of hydrogen-bond acceptors (Lipinski definition) is 3. The van der Waals surface area contributed by atoms with Crippen LogP contribution < -0.4 is 21.9 Å². The number of guanidine groups is 2. The monoisotopic (exact) mass is 295 g/mol. The molecular formula is C13H18FN5O2. The molecular weight excluding hydrogens is 277 g/mol. The first-order valence-electron chi connectivity index (χ1n) is 6.52. The fourth-order valence-corrected chi connectivity index (χ4v) is 1.94. The molecule has 1 aromatic carbocycles. The molecule has 0 aromatic heterocycles. The number of ether oxygens (including phenoxy) is 2. The van der Waals surface area contributed by atoms with E-state index in [1.807, 2.05) is 0 Å². The maximum Gasteiger partial charge on any atom is 0.223 e. The van der Waals surface area contributed by atoms with Gasteiger partial charge in [-0.2, -0.15) is 4.99 Å². The summed E-state index contributed by atoms with van der Waals surface area (Å²) < 4.78 is 24.4. The lowest BCUT2D eigenvalue weighted by Gasteiger charge is -2.13. The van der Waals surface area contributed by atoms with Crippen LogP contribution in [-0.4, -0.2) is 31.2 Å². The molecule has 1 aromatic rings. The van der Waals surface area contributed by atoms with Gasteiger partial charge in [-0.3, -0.25) is 0 Å². The molecule has 1 aliphatic rings. The Morgan fingerprint density at radius 1 is 1.38 bits per heavy atom. The predicted octanol–water partition coefficient (Wildman–Crippen LogP) is 0.603. The number of halogens is 1. The van der Waals surface area contributed by atoms with Gasteiger partial charge in [-0.1, -0.05) is 0 Å². The highest BCUT2D eigenvalue weighted by atomic mass is 19.1. The van der Waals surface area contributed by atoms with Crippen LogP contribution in [0.15, 0.2) is 28.2 Å². The Hall–Kier alpha value is -2.35. The van der Waals surface area contributed by atoms with Gasteiger partial charge < -0.3 is 26.7 Å². The van der Waals surface area contributed by atoms with Crippen molar-refractivity contribution in [2.24, 2.45) is 27.2 Å². The lowest BCUT2D eigenvalue weighted by molar-refractivity contribution is 0.0681. The average Bonchev–Trinajstić information content (AvgIpc) is 2.90. The van der Waals surface area contributed by atoms with Gasteiger partial charge in [0, 0.05) is 12.7 Å². The topological polar surface area (TPSA) is 121 Å². The number of aliphatic imine (C=N–C) groups is 2. The van der Waals surface area contributed by atoms with Crippen molar-refractivity contribution in [1.82, 2.24) is 0 Å². The van der Waals surface area contributed by atoms with E-state index >= 15 is 0 Å². The van der Waals surface area contributed by atoms with Crippen molar-refractivity contribution < 1.29 is 13.9 Å². The van der Waals surface area contributed by atoms with E-state index in [1.54, 1.807) is 0 Å². The van der Waals surface area contributed by atoms with Crippen LogP contribution in [0, 0.1) is 5.82 Å². The molecule has 1 fully saturated rings. The van der Waals surface area contributed by atoms with E-state index in [9.17, 15) is 4.39 Å². The third kappa shape index (κ3) is 4.60. The molecule has 0 radical (unpaired) electrons. The Labute approximate surface area is 121 Å². The van der Waals surface area contributed by atoms with E-state index in [1.165, 1.54) is 18.2 Å². The van der Waals surface area contributed by atoms with Gasteiger partial charge in [0.15, 0.2) is 5.96 Å². The Morgan fingerprint density at radius 3 is 2.86 bits per heavy atom. The summed E-state index contributed by atoms with van der Waals surface area (Å²) in [5, 5.41) is 0. The molecule has 8 heteroatoms. The lowest BCUT2D eigenvalue weighted by Crippen LogP contribution is -2.26. The fraction of sp³-hybridized carbons (Fsp3) is 0.385. The summed E-state index contributed by atoms with van der Waals surface area (Å²) >= 11 is 0. The number of nitrogens with two attached hydrogens (primary N) is 3. The lowest BCUT2D eigenvalue weighted by atomic mass is 10.2. The van der Waals surface area contributed by atoms with Crippen molar-refractivity contribution in [3.63, 3.8) is 0 Å². The van der Waals surface area contributed by atoms with Crippen LogP contribution in [0.25, 0.3) is 0 Å². The summed E-state index contributed by atoms with van der Waals surface area (Å²) in [5.41, 5.74) is 16.2. The van der Waals surface area contributed by atoms with Crippen molar-refractivity contribution >= 4 is 17.6 Å². The molecule has 114 valence electrons. The molecule has 2 rings (SSSR count).